The number of hydrogen-bond donors (Lipinski definition) is 1. The Morgan fingerprint density at radius 3 is 3.12 bits per heavy atom. The zero-order chi connectivity index (χ0) is 11.4. The van der Waals surface area contributed by atoms with Gasteiger partial charge in [-0.05, 0) is 42.9 Å². The van der Waals surface area contributed by atoms with E-state index in [0.29, 0.717) is 6.42 Å². The number of aryl methyl sites for hydroxylation is 2. The molecule has 0 aliphatic carbocycles. The number of aliphatic carboxylic acids is 1. The second-order valence-electron chi connectivity index (χ2n) is 4.14. The molecule has 86 valence electrons. The molecule has 1 aromatic rings. The van der Waals surface area contributed by atoms with E-state index in [0.717, 1.165) is 31.6 Å². The van der Waals surface area contributed by atoms with Crippen molar-refractivity contribution in [2.75, 3.05) is 6.61 Å². The molecule has 1 aliphatic rings. The highest BCUT2D eigenvalue weighted by molar-refractivity contribution is 5.66. The zero-order valence-electron chi connectivity index (χ0n) is 9.24. The molecule has 0 saturated heterocycles. The van der Waals surface area contributed by atoms with Crippen LogP contribution in [0.1, 0.15) is 30.4 Å². The van der Waals surface area contributed by atoms with Crippen molar-refractivity contribution in [3.63, 3.8) is 0 Å². The van der Waals surface area contributed by atoms with Gasteiger partial charge in [0.15, 0.2) is 0 Å². The average Bonchev–Trinajstić information content (AvgIpc) is 2.28. The van der Waals surface area contributed by atoms with E-state index in [1.54, 1.807) is 0 Å². The lowest BCUT2D eigenvalue weighted by Gasteiger charge is -2.17. The van der Waals surface area contributed by atoms with Crippen molar-refractivity contribution in [1.82, 2.24) is 0 Å². The van der Waals surface area contributed by atoms with Gasteiger partial charge in [0.2, 0.25) is 0 Å². The van der Waals surface area contributed by atoms with Crippen LogP contribution in [0, 0.1) is 0 Å². The van der Waals surface area contributed by atoms with E-state index in [9.17, 15) is 4.79 Å². The lowest BCUT2D eigenvalue weighted by molar-refractivity contribution is -0.137. The number of ether oxygens (including phenoxy) is 1. The van der Waals surface area contributed by atoms with Crippen LogP contribution in [0.25, 0.3) is 0 Å². The maximum absolute atomic E-state index is 10.4. The summed E-state index contributed by atoms with van der Waals surface area (Å²) in [6.07, 6.45) is 3.91. The largest absolute Gasteiger partial charge is 0.493 e. The number of fused-ring (bicyclic) bond motifs is 1. The van der Waals surface area contributed by atoms with Gasteiger partial charge < -0.3 is 9.84 Å². The smallest absolute Gasteiger partial charge is 0.303 e. The number of carbonyl (C=O) groups is 1. The minimum atomic E-state index is -0.728. The van der Waals surface area contributed by atoms with Gasteiger partial charge in [0.25, 0.3) is 0 Å². The van der Waals surface area contributed by atoms with E-state index in [1.807, 2.05) is 0 Å². The predicted molar refractivity (Wildman–Crippen MR) is 60.8 cm³/mol. The minimum Gasteiger partial charge on any atom is -0.493 e. The van der Waals surface area contributed by atoms with Gasteiger partial charge in [0, 0.05) is 6.42 Å². The topological polar surface area (TPSA) is 46.5 Å². The third-order valence-corrected chi connectivity index (χ3v) is 2.84. The van der Waals surface area contributed by atoms with Gasteiger partial charge in [-0.15, -0.1) is 0 Å². The summed E-state index contributed by atoms with van der Waals surface area (Å²) < 4.78 is 5.58. The molecule has 0 aromatic heterocycles. The quantitative estimate of drug-likeness (QED) is 0.847. The van der Waals surface area contributed by atoms with Crippen LogP contribution in [0.3, 0.4) is 0 Å². The maximum atomic E-state index is 10.4. The van der Waals surface area contributed by atoms with Gasteiger partial charge in [-0.25, -0.2) is 0 Å². The highest BCUT2D eigenvalue weighted by Gasteiger charge is 2.10. The fraction of sp³-hybridized carbons (Fsp3) is 0.462. The van der Waals surface area contributed by atoms with Gasteiger partial charge in [0.05, 0.1) is 6.61 Å². The van der Waals surface area contributed by atoms with Crippen molar-refractivity contribution in [2.24, 2.45) is 0 Å². The summed E-state index contributed by atoms with van der Waals surface area (Å²) in [6, 6.07) is 6.23. The molecule has 0 saturated carbocycles. The molecule has 0 spiro atoms. The zero-order valence-corrected chi connectivity index (χ0v) is 9.24. The molecule has 0 radical (unpaired) electrons. The summed E-state index contributed by atoms with van der Waals surface area (Å²) in [5.41, 5.74) is 2.44. The SMILES string of the molecule is O=C(O)CCCc1ccc2c(c1)OCCC2. The van der Waals surface area contributed by atoms with Gasteiger partial charge in [-0.1, -0.05) is 12.1 Å². The summed E-state index contributed by atoms with van der Waals surface area (Å²) in [5, 5.41) is 8.56. The van der Waals surface area contributed by atoms with Gasteiger partial charge in [-0.3, -0.25) is 4.79 Å². The molecule has 2 rings (SSSR count). The van der Waals surface area contributed by atoms with Crippen LogP contribution in [0.5, 0.6) is 5.75 Å². The van der Waals surface area contributed by atoms with E-state index in [2.05, 4.69) is 18.2 Å². The Labute approximate surface area is 95.0 Å². The van der Waals surface area contributed by atoms with Crippen LogP contribution < -0.4 is 4.74 Å². The molecular formula is C13H16O3. The molecule has 0 bridgehead atoms. The monoisotopic (exact) mass is 220 g/mol. The standard InChI is InChI=1S/C13H16O3/c14-13(15)5-1-3-10-6-7-11-4-2-8-16-12(11)9-10/h6-7,9H,1-5,8H2,(H,14,15). The molecule has 0 amide bonds. The van der Waals surface area contributed by atoms with E-state index >= 15 is 0 Å². The van der Waals surface area contributed by atoms with Crippen molar-refractivity contribution in [1.29, 1.82) is 0 Å². The molecule has 3 heteroatoms. The second-order valence-corrected chi connectivity index (χ2v) is 4.14. The highest BCUT2D eigenvalue weighted by atomic mass is 16.5. The van der Waals surface area contributed by atoms with E-state index in [4.69, 9.17) is 9.84 Å². The second kappa shape index (κ2) is 5.01. The van der Waals surface area contributed by atoms with Gasteiger partial charge >= 0.3 is 5.97 Å². The maximum Gasteiger partial charge on any atom is 0.303 e. The number of rotatable bonds is 4. The summed E-state index contributed by atoms with van der Waals surface area (Å²) in [5.74, 6) is 0.258. The first-order valence-electron chi connectivity index (χ1n) is 5.72. The molecule has 1 N–H and O–H groups in total. The van der Waals surface area contributed by atoms with Crippen LogP contribution in [0.15, 0.2) is 18.2 Å². The number of carboxylic acid groups (broad SMARTS) is 1. The van der Waals surface area contributed by atoms with Crippen molar-refractivity contribution < 1.29 is 14.6 Å². The Balaban J connectivity index is 1.97. The Morgan fingerprint density at radius 1 is 1.44 bits per heavy atom. The lowest BCUT2D eigenvalue weighted by atomic mass is 10.0. The lowest BCUT2D eigenvalue weighted by Crippen LogP contribution is -2.08. The first-order valence-corrected chi connectivity index (χ1v) is 5.72. The van der Waals surface area contributed by atoms with Crippen molar-refractivity contribution in [3.05, 3.63) is 29.3 Å². The number of benzene rings is 1. The fourth-order valence-electron chi connectivity index (χ4n) is 1.98. The van der Waals surface area contributed by atoms with Crippen LogP contribution in [-0.4, -0.2) is 17.7 Å². The molecule has 1 heterocycles. The Kier molecular flexibility index (Phi) is 3.44. The van der Waals surface area contributed by atoms with Crippen LogP contribution in [-0.2, 0) is 17.6 Å². The van der Waals surface area contributed by atoms with Crippen molar-refractivity contribution in [2.45, 2.75) is 32.1 Å². The average molecular weight is 220 g/mol. The first-order chi connectivity index (χ1) is 7.75. The third kappa shape index (κ3) is 2.75. The Hall–Kier alpha value is -1.51. The van der Waals surface area contributed by atoms with Gasteiger partial charge in [0.1, 0.15) is 5.75 Å². The predicted octanol–water partition coefficient (Wildman–Crippen LogP) is 2.42. The normalized spacial score (nSPS) is 14.0. The molecule has 16 heavy (non-hydrogen) atoms. The molecule has 0 fully saturated rings. The van der Waals surface area contributed by atoms with E-state index in [-0.39, 0.29) is 6.42 Å². The van der Waals surface area contributed by atoms with Crippen LogP contribution in [0.2, 0.25) is 0 Å². The molecule has 0 atom stereocenters. The summed E-state index contributed by atoms with van der Waals surface area (Å²) >= 11 is 0. The Bertz CT molecular complexity index is 385. The molecular weight excluding hydrogens is 204 g/mol. The van der Waals surface area contributed by atoms with Gasteiger partial charge in [-0.2, -0.15) is 0 Å². The van der Waals surface area contributed by atoms with Crippen LogP contribution in [0.4, 0.5) is 0 Å². The minimum absolute atomic E-state index is 0.234. The highest BCUT2D eigenvalue weighted by Crippen LogP contribution is 2.26. The molecule has 3 nitrogen and oxygen atoms in total. The van der Waals surface area contributed by atoms with Crippen LogP contribution >= 0.6 is 0 Å². The molecule has 0 unspecified atom stereocenters. The van der Waals surface area contributed by atoms with E-state index < -0.39 is 5.97 Å². The first kappa shape index (κ1) is 11.0. The Morgan fingerprint density at radius 2 is 2.31 bits per heavy atom. The van der Waals surface area contributed by atoms with Crippen molar-refractivity contribution >= 4 is 5.97 Å². The third-order valence-electron chi connectivity index (χ3n) is 2.84. The number of hydrogen-bond acceptors (Lipinski definition) is 2. The summed E-state index contributed by atoms with van der Waals surface area (Å²) in [6.45, 7) is 0.797. The fourth-order valence-corrected chi connectivity index (χ4v) is 1.98. The van der Waals surface area contributed by atoms with E-state index in [1.165, 1.54) is 11.1 Å². The molecule has 1 aliphatic heterocycles. The molecule has 1 aromatic carbocycles. The summed E-state index contributed by atoms with van der Waals surface area (Å²) in [4.78, 5) is 10.4. The number of carboxylic acids is 1. The summed E-state index contributed by atoms with van der Waals surface area (Å²) in [7, 11) is 0. The van der Waals surface area contributed by atoms with Crippen molar-refractivity contribution in [3.8, 4) is 5.75 Å².